The highest BCUT2D eigenvalue weighted by atomic mass is 35.5. The van der Waals surface area contributed by atoms with Crippen molar-refractivity contribution in [1.29, 1.82) is 0 Å². The van der Waals surface area contributed by atoms with Crippen LogP contribution in [0.3, 0.4) is 0 Å². The molecule has 1 saturated carbocycles. The summed E-state index contributed by atoms with van der Waals surface area (Å²) in [6.45, 7) is 2.29. The van der Waals surface area contributed by atoms with E-state index in [9.17, 15) is 9.59 Å². The van der Waals surface area contributed by atoms with Crippen LogP contribution in [0.15, 0.2) is 12.1 Å². The lowest BCUT2D eigenvalue weighted by atomic mass is 9.96. The van der Waals surface area contributed by atoms with Crippen LogP contribution in [0, 0.1) is 11.8 Å². The number of hydrogen-bond acceptors (Lipinski definition) is 3. The van der Waals surface area contributed by atoms with Crippen molar-refractivity contribution in [1.82, 2.24) is 10.6 Å². The largest absolute Gasteiger partial charge is 0.481 e. The van der Waals surface area contributed by atoms with Gasteiger partial charge in [0, 0.05) is 11.4 Å². The van der Waals surface area contributed by atoms with Gasteiger partial charge in [-0.2, -0.15) is 0 Å². The molecule has 1 fully saturated rings. The van der Waals surface area contributed by atoms with Crippen molar-refractivity contribution in [2.24, 2.45) is 11.8 Å². The standard InChI is InChI=1S/C14H19ClN2O3S/c1-8(11-5-6-12(15)21-11)17-14(20)16-7-9-3-2-4-10(9)13(18)19/h5-6,8-10H,2-4,7H2,1H3,(H,18,19)(H2,16,17,20). The maximum Gasteiger partial charge on any atom is 0.315 e. The Balaban J connectivity index is 1.78. The Hall–Kier alpha value is -1.27. The minimum Gasteiger partial charge on any atom is -0.481 e. The highest BCUT2D eigenvalue weighted by molar-refractivity contribution is 7.16. The molecule has 0 radical (unpaired) electrons. The smallest absolute Gasteiger partial charge is 0.315 e. The van der Waals surface area contributed by atoms with Gasteiger partial charge in [0.25, 0.3) is 0 Å². The van der Waals surface area contributed by atoms with Crippen LogP contribution >= 0.6 is 22.9 Å². The van der Waals surface area contributed by atoms with Crippen molar-refractivity contribution in [3.8, 4) is 0 Å². The van der Waals surface area contributed by atoms with Crippen LogP contribution < -0.4 is 10.6 Å². The van der Waals surface area contributed by atoms with Gasteiger partial charge in [-0.15, -0.1) is 11.3 Å². The lowest BCUT2D eigenvalue weighted by Gasteiger charge is -2.18. The average molecular weight is 331 g/mol. The monoisotopic (exact) mass is 330 g/mol. The van der Waals surface area contributed by atoms with Gasteiger partial charge in [-0.1, -0.05) is 18.0 Å². The van der Waals surface area contributed by atoms with E-state index in [2.05, 4.69) is 10.6 Å². The van der Waals surface area contributed by atoms with Crippen molar-refractivity contribution in [2.45, 2.75) is 32.2 Å². The molecule has 0 bridgehead atoms. The van der Waals surface area contributed by atoms with Gasteiger partial charge in [-0.3, -0.25) is 4.79 Å². The van der Waals surface area contributed by atoms with Crippen LogP contribution in [0.2, 0.25) is 4.34 Å². The summed E-state index contributed by atoms with van der Waals surface area (Å²) in [5.41, 5.74) is 0. The lowest BCUT2D eigenvalue weighted by molar-refractivity contribution is -0.142. The first-order valence-electron chi connectivity index (χ1n) is 6.99. The molecule has 0 aliphatic heterocycles. The topological polar surface area (TPSA) is 78.4 Å². The fourth-order valence-corrected chi connectivity index (χ4v) is 3.77. The predicted octanol–water partition coefficient (Wildman–Crippen LogP) is 3.26. The van der Waals surface area contributed by atoms with E-state index in [1.165, 1.54) is 11.3 Å². The predicted molar refractivity (Wildman–Crippen MR) is 82.7 cm³/mol. The van der Waals surface area contributed by atoms with E-state index in [1.54, 1.807) is 6.07 Å². The Morgan fingerprint density at radius 1 is 1.48 bits per heavy atom. The summed E-state index contributed by atoms with van der Waals surface area (Å²) in [5, 5.41) is 14.7. The summed E-state index contributed by atoms with van der Waals surface area (Å²) in [5.74, 6) is -1.07. The maximum absolute atomic E-state index is 11.9. The number of thiophene rings is 1. The number of carbonyl (C=O) groups is 2. The quantitative estimate of drug-likeness (QED) is 0.775. The molecule has 2 rings (SSSR count). The second kappa shape index (κ2) is 7.13. The van der Waals surface area contributed by atoms with Gasteiger partial charge in [-0.25, -0.2) is 4.79 Å². The average Bonchev–Trinajstić information content (AvgIpc) is 3.04. The second-order valence-corrected chi connectivity index (χ2v) is 7.10. The van der Waals surface area contributed by atoms with E-state index in [0.717, 1.165) is 17.7 Å². The van der Waals surface area contributed by atoms with Gasteiger partial charge in [0.2, 0.25) is 0 Å². The summed E-state index contributed by atoms with van der Waals surface area (Å²) in [6, 6.07) is 3.28. The highest BCUT2D eigenvalue weighted by Gasteiger charge is 2.32. The normalized spacial score (nSPS) is 22.8. The Labute approximate surface area is 132 Å². The number of carboxylic acid groups (broad SMARTS) is 1. The summed E-state index contributed by atoms with van der Waals surface area (Å²) >= 11 is 7.30. The summed E-state index contributed by atoms with van der Waals surface area (Å²) in [6.07, 6.45) is 2.47. The van der Waals surface area contributed by atoms with E-state index in [0.29, 0.717) is 17.3 Å². The molecule has 0 aromatic carbocycles. The van der Waals surface area contributed by atoms with E-state index >= 15 is 0 Å². The molecule has 5 nitrogen and oxygen atoms in total. The minimum absolute atomic E-state index is 0.0275. The maximum atomic E-state index is 11.9. The molecule has 21 heavy (non-hydrogen) atoms. The Morgan fingerprint density at radius 2 is 2.24 bits per heavy atom. The highest BCUT2D eigenvalue weighted by Crippen LogP contribution is 2.31. The number of amides is 2. The van der Waals surface area contributed by atoms with Crippen molar-refractivity contribution in [3.63, 3.8) is 0 Å². The first kappa shape index (κ1) is 16.1. The van der Waals surface area contributed by atoms with Gasteiger partial charge in [0.05, 0.1) is 16.3 Å². The molecule has 116 valence electrons. The van der Waals surface area contributed by atoms with E-state index in [1.807, 2.05) is 13.0 Å². The number of nitrogens with one attached hydrogen (secondary N) is 2. The molecule has 3 unspecified atom stereocenters. The van der Waals surface area contributed by atoms with Gasteiger partial charge in [0.1, 0.15) is 0 Å². The number of carbonyl (C=O) groups excluding carboxylic acids is 1. The molecule has 1 aliphatic carbocycles. The van der Waals surface area contributed by atoms with Gasteiger partial charge in [0.15, 0.2) is 0 Å². The van der Waals surface area contributed by atoms with Crippen LogP contribution in [0.25, 0.3) is 0 Å². The molecule has 3 N–H and O–H groups in total. The summed E-state index contributed by atoms with van der Waals surface area (Å²) < 4.78 is 0.689. The molecule has 1 aromatic heterocycles. The second-order valence-electron chi connectivity index (χ2n) is 5.35. The van der Waals surface area contributed by atoms with Gasteiger partial charge in [-0.05, 0) is 37.8 Å². The van der Waals surface area contributed by atoms with Crippen molar-refractivity contribution < 1.29 is 14.7 Å². The third kappa shape index (κ3) is 4.35. The van der Waals surface area contributed by atoms with E-state index < -0.39 is 5.97 Å². The number of urea groups is 1. The number of halogens is 1. The first-order chi connectivity index (χ1) is 9.97. The zero-order valence-corrected chi connectivity index (χ0v) is 13.3. The molecule has 7 heteroatoms. The van der Waals surface area contributed by atoms with Crippen LogP contribution in [0.5, 0.6) is 0 Å². The fraction of sp³-hybridized carbons (Fsp3) is 0.571. The van der Waals surface area contributed by atoms with Crippen LogP contribution in [-0.4, -0.2) is 23.7 Å². The molecule has 1 heterocycles. The summed E-state index contributed by atoms with van der Waals surface area (Å²) in [7, 11) is 0. The zero-order valence-electron chi connectivity index (χ0n) is 11.8. The Bertz CT molecular complexity index is 520. The lowest BCUT2D eigenvalue weighted by Crippen LogP contribution is -2.40. The molecule has 2 amide bonds. The van der Waals surface area contributed by atoms with E-state index in [-0.39, 0.29) is 23.9 Å². The van der Waals surface area contributed by atoms with Crippen LogP contribution in [0.4, 0.5) is 4.79 Å². The molecule has 0 saturated heterocycles. The number of aliphatic carboxylic acids is 1. The molecule has 0 spiro atoms. The van der Waals surface area contributed by atoms with Crippen molar-refractivity contribution in [3.05, 3.63) is 21.3 Å². The number of carboxylic acids is 1. The number of hydrogen-bond donors (Lipinski definition) is 3. The molecule has 1 aromatic rings. The SMILES string of the molecule is CC(NC(=O)NCC1CCCC1C(=O)O)c1ccc(Cl)s1. The third-order valence-electron chi connectivity index (χ3n) is 3.87. The molecular weight excluding hydrogens is 312 g/mol. The van der Waals surface area contributed by atoms with Gasteiger partial charge < -0.3 is 15.7 Å². The van der Waals surface area contributed by atoms with Crippen LogP contribution in [0.1, 0.15) is 37.1 Å². The number of rotatable bonds is 5. The Morgan fingerprint density at radius 3 is 2.86 bits per heavy atom. The third-order valence-corrected chi connectivity index (χ3v) is 5.28. The fourth-order valence-electron chi connectivity index (χ4n) is 2.71. The Kier molecular flexibility index (Phi) is 5.47. The van der Waals surface area contributed by atoms with E-state index in [4.69, 9.17) is 16.7 Å². The molecule has 1 aliphatic rings. The summed E-state index contributed by atoms with van der Waals surface area (Å²) in [4.78, 5) is 23.9. The first-order valence-corrected chi connectivity index (χ1v) is 8.19. The minimum atomic E-state index is -0.763. The molecule has 3 atom stereocenters. The van der Waals surface area contributed by atoms with Gasteiger partial charge >= 0.3 is 12.0 Å². The molecular formula is C14H19ClN2O3S. The van der Waals surface area contributed by atoms with Crippen molar-refractivity contribution >= 4 is 34.9 Å². The van der Waals surface area contributed by atoms with Crippen LogP contribution in [-0.2, 0) is 4.79 Å². The zero-order chi connectivity index (χ0) is 15.4. The van der Waals surface area contributed by atoms with Crippen molar-refractivity contribution in [2.75, 3.05) is 6.54 Å².